The van der Waals surface area contributed by atoms with Gasteiger partial charge in [-0.05, 0) is 124 Å². The predicted octanol–water partition coefficient (Wildman–Crippen LogP) is 16.5. The van der Waals surface area contributed by atoms with Gasteiger partial charge in [0.05, 0.1) is 6.04 Å². The van der Waals surface area contributed by atoms with Crippen LogP contribution in [0.2, 0.25) is 0 Å². The molecule has 0 aliphatic heterocycles. The van der Waals surface area contributed by atoms with Gasteiger partial charge in [0.25, 0.3) is 0 Å². The van der Waals surface area contributed by atoms with Crippen LogP contribution in [-0.4, -0.2) is 6.04 Å². The van der Waals surface area contributed by atoms with E-state index in [1.54, 1.807) is 6.08 Å². The topological polar surface area (TPSA) is 6.48 Å². The van der Waals surface area contributed by atoms with Crippen LogP contribution in [0.5, 0.6) is 0 Å². The monoisotopic (exact) mass is 762 g/mol. The first-order valence-corrected chi connectivity index (χ1v) is 21.0. The zero-order chi connectivity index (χ0) is 41.1. The quantitative estimate of drug-likeness (QED) is 0.117. The Bertz CT molecular complexity index is 2180. The number of hydrogen-bond donors (Lipinski definition) is 0. The normalized spacial score (nSPS) is 15.8. The third kappa shape index (κ3) is 12.4. The minimum Gasteiger partial charge on any atom is -0.334 e. The molecule has 0 N–H and O–H groups in total. The maximum Gasteiger partial charge on any atom is 0.0562 e. The van der Waals surface area contributed by atoms with E-state index in [9.17, 15) is 0 Å². The van der Waals surface area contributed by atoms with Crippen LogP contribution in [0.3, 0.4) is 0 Å². The molecule has 0 saturated heterocycles. The van der Waals surface area contributed by atoms with Crippen LogP contribution in [0.25, 0.3) is 11.1 Å². The van der Waals surface area contributed by atoms with Crippen LogP contribution < -0.4 is 9.80 Å². The molecule has 7 rings (SSSR count). The molecule has 0 amide bonds. The van der Waals surface area contributed by atoms with Crippen molar-refractivity contribution in [3.05, 3.63) is 223 Å². The molecular formula is C56H62N2. The predicted molar refractivity (Wildman–Crippen MR) is 256 cm³/mol. The summed E-state index contributed by atoms with van der Waals surface area (Å²) in [6.07, 6.45) is 28.1. The van der Waals surface area contributed by atoms with Crippen molar-refractivity contribution in [2.75, 3.05) is 9.80 Å². The van der Waals surface area contributed by atoms with E-state index >= 15 is 0 Å². The van der Waals surface area contributed by atoms with Crippen molar-refractivity contribution in [1.82, 2.24) is 0 Å². The molecule has 0 aromatic heterocycles. The van der Waals surface area contributed by atoms with Crippen molar-refractivity contribution >= 4 is 28.4 Å². The summed E-state index contributed by atoms with van der Waals surface area (Å²) in [5.74, 6) is 0.717. The van der Waals surface area contributed by atoms with Gasteiger partial charge in [-0.3, -0.25) is 0 Å². The van der Waals surface area contributed by atoms with Crippen LogP contribution in [0.4, 0.5) is 28.4 Å². The van der Waals surface area contributed by atoms with Gasteiger partial charge in [-0.25, -0.2) is 0 Å². The lowest BCUT2D eigenvalue weighted by molar-refractivity contribution is 0.721. The molecule has 5 aromatic carbocycles. The molecule has 0 saturated carbocycles. The van der Waals surface area contributed by atoms with Crippen molar-refractivity contribution in [2.45, 2.75) is 73.3 Å². The Labute approximate surface area is 350 Å². The second-order valence-electron chi connectivity index (χ2n) is 14.9. The number of benzene rings is 5. The summed E-state index contributed by atoms with van der Waals surface area (Å²) in [7, 11) is 0. The third-order valence-electron chi connectivity index (χ3n) is 10.2. The number of para-hydroxylation sites is 1. The lowest BCUT2D eigenvalue weighted by atomic mass is 9.95. The fourth-order valence-corrected chi connectivity index (χ4v) is 7.22. The van der Waals surface area contributed by atoms with Gasteiger partial charge >= 0.3 is 0 Å². The van der Waals surface area contributed by atoms with Crippen LogP contribution in [0, 0.1) is 19.8 Å². The number of hydrogen-bond acceptors (Lipinski definition) is 2. The average molecular weight is 763 g/mol. The smallest absolute Gasteiger partial charge is 0.0562 e. The van der Waals surface area contributed by atoms with Gasteiger partial charge < -0.3 is 9.80 Å². The van der Waals surface area contributed by atoms with E-state index in [-0.39, 0.29) is 6.04 Å². The summed E-state index contributed by atoms with van der Waals surface area (Å²) in [5, 5.41) is 0. The van der Waals surface area contributed by atoms with Crippen molar-refractivity contribution in [3.63, 3.8) is 0 Å². The molecule has 0 radical (unpaired) electrons. The van der Waals surface area contributed by atoms with E-state index in [1.807, 2.05) is 26.0 Å². The van der Waals surface area contributed by atoms with E-state index in [1.165, 1.54) is 51.2 Å². The Morgan fingerprint density at radius 1 is 0.638 bits per heavy atom. The molecular weight excluding hydrogens is 701 g/mol. The summed E-state index contributed by atoms with van der Waals surface area (Å²) in [4.78, 5) is 4.78. The molecule has 296 valence electrons. The summed E-state index contributed by atoms with van der Waals surface area (Å²) >= 11 is 0. The lowest BCUT2D eigenvalue weighted by Crippen LogP contribution is -2.30. The van der Waals surface area contributed by atoms with E-state index in [0.717, 1.165) is 42.2 Å². The maximum atomic E-state index is 3.62. The highest BCUT2D eigenvalue weighted by molar-refractivity contribution is 5.80. The van der Waals surface area contributed by atoms with Crippen LogP contribution in [-0.2, 0) is 0 Å². The maximum absolute atomic E-state index is 3.62. The summed E-state index contributed by atoms with van der Waals surface area (Å²) in [6, 6.07) is 46.4. The minimum atomic E-state index is 0.274. The second-order valence-corrected chi connectivity index (χ2v) is 14.9. The molecule has 0 heterocycles. The van der Waals surface area contributed by atoms with Crippen molar-refractivity contribution in [2.24, 2.45) is 5.92 Å². The van der Waals surface area contributed by atoms with E-state index in [0.29, 0.717) is 0 Å². The standard InChI is InChI=1S/C39H36N2.C15H20.C2H6/c1-29-12-16-32(17-13-29)33-18-22-36(23-19-33)40(35-20-14-30(2)15-21-35)37-24-26-38(27-25-37)41(34-9-5-4-6-10-34)39-11-7-8-31(3)28-39;1-3-4-5-6-7-8-11-15-12-9-10-14(2)13-15;1-2/h4-27,39H,28H2,1-3H3;3-7,9,12-14H,1,8,10-11H2,2H3;1-2H3/b;5-4-,7-6-;. The first-order chi connectivity index (χ1) is 28.4. The number of allylic oxidation sites excluding steroid dienone is 11. The van der Waals surface area contributed by atoms with Gasteiger partial charge in [-0.2, -0.15) is 0 Å². The largest absolute Gasteiger partial charge is 0.334 e. The molecule has 2 nitrogen and oxygen atoms in total. The van der Waals surface area contributed by atoms with Gasteiger partial charge in [0.1, 0.15) is 0 Å². The molecule has 0 fully saturated rings. The number of anilines is 5. The Kier molecular flexibility index (Phi) is 16.7. The van der Waals surface area contributed by atoms with Gasteiger partial charge in [0.15, 0.2) is 0 Å². The highest BCUT2D eigenvalue weighted by atomic mass is 15.2. The molecule has 0 bridgehead atoms. The van der Waals surface area contributed by atoms with Gasteiger partial charge in [-0.15, -0.1) is 0 Å². The molecule has 2 aliphatic rings. The molecule has 2 heteroatoms. The second kappa shape index (κ2) is 22.6. The van der Waals surface area contributed by atoms with Crippen LogP contribution in [0.1, 0.15) is 64.5 Å². The Balaban J connectivity index is 0.000000317. The first-order valence-electron chi connectivity index (χ1n) is 21.0. The average Bonchev–Trinajstić information content (AvgIpc) is 3.25. The molecule has 0 spiro atoms. The third-order valence-corrected chi connectivity index (χ3v) is 10.2. The SMILES string of the molecule is C=C/C=C\C=C/CCC1=CC(C)CC=C1.CC.CC1=CC=CC(N(c2ccccc2)c2ccc(N(c3ccc(C)cc3)c3ccc(-c4ccc(C)cc4)cc3)cc2)C1. The Hall–Kier alpha value is -6.12. The van der Waals surface area contributed by atoms with Gasteiger partial charge in [-0.1, -0.05) is 183 Å². The summed E-state index contributed by atoms with van der Waals surface area (Å²) in [6.45, 7) is 16.4. The van der Waals surface area contributed by atoms with E-state index in [2.05, 4.69) is 220 Å². The van der Waals surface area contributed by atoms with E-state index in [4.69, 9.17) is 0 Å². The Morgan fingerprint density at radius 2 is 1.17 bits per heavy atom. The first kappa shape index (κ1) is 43.0. The molecule has 2 aliphatic carbocycles. The highest BCUT2D eigenvalue weighted by Crippen LogP contribution is 2.39. The molecule has 58 heavy (non-hydrogen) atoms. The van der Waals surface area contributed by atoms with E-state index < -0.39 is 0 Å². The lowest BCUT2D eigenvalue weighted by Gasteiger charge is -2.34. The fourth-order valence-electron chi connectivity index (χ4n) is 7.22. The summed E-state index contributed by atoms with van der Waals surface area (Å²) in [5.41, 5.74) is 13.6. The highest BCUT2D eigenvalue weighted by Gasteiger charge is 2.21. The molecule has 2 atom stereocenters. The zero-order valence-electron chi connectivity index (χ0n) is 35.6. The number of rotatable bonds is 12. The van der Waals surface area contributed by atoms with Crippen molar-refractivity contribution < 1.29 is 0 Å². The van der Waals surface area contributed by atoms with Gasteiger partial charge in [0, 0.05) is 28.4 Å². The van der Waals surface area contributed by atoms with Gasteiger partial charge in [0.2, 0.25) is 0 Å². The fraction of sp³-hybridized carbons (Fsp3) is 0.214. The number of nitrogens with zero attached hydrogens (tertiary/aromatic N) is 2. The minimum absolute atomic E-state index is 0.274. The van der Waals surface area contributed by atoms with Crippen LogP contribution in [0.15, 0.2) is 212 Å². The Morgan fingerprint density at radius 3 is 1.76 bits per heavy atom. The van der Waals surface area contributed by atoms with Crippen molar-refractivity contribution in [3.8, 4) is 11.1 Å². The molecule has 2 unspecified atom stereocenters. The zero-order valence-corrected chi connectivity index (χ0v) is 35.6. The summed E-state index contributed by atoms with van der Waals surface area (Å²) < 4.78 is 0. The van der Waals surface area contributed by atoms with Crippen molar-refractivity contribution in [1.29, 1.82) is 0 Å². The molecule has 5 aromatic rings. The van der Waals surface area contributed by atoms with Crippen LogP contribution >= 0.6 is 0 Å². The number of aryl methyl sites for hydroxylation is 2.